The summed E-state index contributed by atoms with van der Waals surface area (Å²) in [6, 6.07) is 12.7. The number of carbonyl (C=O) groups is 1. The molecule has 2 aromatic rings. The standard InChI is InChI=1S/C18H17ClN2O4/c1-2-23-18(22)21-20-17(12-3-6-14(19)7-4-12)13-5-8-15-16(11-13)25-10-9-24-15/h3-8,11H,2,9-10H2,1H3,(H,21,22). The van der Waals surface area contributed by atoms with E-state index < -0.39 is 6.09 Å². The molecule has 130 valence electrons. The summed E-state index contributed by atoms with van der Waals surface area (Å²) in [5.74, 6) is 1.32. The van der Waals surface area contributed by atoms with Crippen LogP contribution in [0, 0.1) is 0 Å². The Bertz CT molecular complexity index is 790. The third-order valence-corrected chi connectivity index (χ3v) is 3.72. The summed E-state index contributed by atoms with van der Waals surface area (Å²) in [5, 5.41) is 4.83. The molecular weight excluding hydrogens is 344 g/mol. The smallest absolute Gasteiger partial charge is 0.427 e. The van der Waals surface area contributed by atoms with Gasteiger partial charge >= 0.3 is 6.09 Å². The molecule has 0 aromatic heterocycles. The largest absolute Gasteiger partial charge is 0.486 e. The van der Waals surface area contributed by atoms with Crippen LogP contribution in [0.1, 0.15) is 18.1 Å². The topological polar surface area (TPSA) is 69.2 Å². The van der Waals surface area contributed by atoms with Gasteiger partial charge in [-0.25, -0.2) is 10.2 Å². The van der Waals surface area contributed by atoms with Crippen LogP contribution in [0.4, 0.5) is 4.79 Å². The van der Waals surface area contributed by atoms with Gasteiger partial charge in [0.15, 0.2) is 11.5 Å². The van der Waals surface area contributed by atoms with Crippen molar-refractivity contribution in [2.45, 2.75) is 6.92 Å². The van der Waals surface area contributed by atoms with Crippen LogP contribution in [0.15, 0.2) is 47.6 Å². The average molecular weight is 361 g/mol. The normalized spacial score (nSPS) is 13.3. The van der Waals surface area contributed by atoms with Crippen molar-refractivity contribution in [2.24, 2.45) is 5.10 Å². The summed E-state index contributed by atoms with van der Waals surface area (Å²) < 4.78 is 16.0. The molecule has 0 fully saturated rings. The van der Waals surface area contributed by atoms with Crippen molar-refractivity contribution in [1.29, 1.82) is 0 Å². The zero-order valence-electron chi connectivity index (χ0n) is 13.6. The molecule has 1 amide bonds. The molecule has 0 radical (unpaired) electrons. The van der Waals surface area contributed by atoms with Crippen LogP contribution in [-0.4, -0.2) is 31.6 Å². The Hall–Kier alpha value is -2.73. The molecule has 0 atom stereocenters. The van der Waals surface area contributed by atoms with Gasteiger partial charge in [0.2, 0.25) is 0 Å². The van der Waals surface area contributed by atoms with Gasteiger partial charge in [-0.05, 0) is 37.3 Å². The van der Waals surface area contributed by atoms with E-state index in [4.69, 9.17) is 25.8 Å². The first-order chi connectivity index (χ1) is 12.2. The summed E-state index contributed by atoms with van der Waals surface area (Å²) in [6.45, 7) is 3.01. The Morgan fingerprint density at radius 1 is 1.12 bits per heavy atom. The molecule has 1 heterocycles. The summed E-state index contributed by atoms with van der Waals surface area (Å²) in [6.07, 6.45) is -0.619. The fraction of sp³-hybridized carbons (Fsp3) is 0.222. The van der Waals surface area contributed by atoms with E-state index in [1.54, 1.807) is 19.1 Å². The summed E-state index contributed by atoms with van der Waals surface area (Å²) in [7, 11) is 0. The predicted octanol–water partition coefficient (Wildman–Crippen LogP) is 3.61. The van der Waals surface area contributed by atoms with Crippen molar-refractivity contribution in [3.63, 3.8) is 0 Å². The van der Waals surface area contributed by atoms with Crippen LogP contribution in [0.25, 0.3) is 0 Å². The van der Waals surface area contributed by atoms with Crippen LogP contribution in [-0.2, 0) is 4.74 Å². The minimum atomic E-state index is -0.619. The maximum Gasteiger partial charge on any atom is 0.427 e. The van der Waals surface area contributed by atoms with Crippen molar-refractivity contribution >= 4 is 23.4 Å². The monoisotopic (exact) mass is 360 g/mol. The van der Waals surface area contributed by atoms with E-state index in [9.17, 15) is 4.79 Å². The van der Waals surface area contributed by atoms with Crippen LogP contribution >= 0.6 is 11.6 Å². The number of rotatable bonds is 4. The number of amides is 1. The fourth-order valence-corrected chi connectivity index (χ4v) is 2.49. The first kappa shape index (κ1) is 17.1. The minimum Gasteiger partial charge on any atom is -0.486 e. The molecule has 0 aliphatic carbocycles. The van der Waals surface area contributed by atoms with Crippen molar-refractivity contribution in [1.82, 2.24) is 5.43 Å². The second kappa shape index (κ2) is 7.90. The number of nitrogens with one attached hydrogen (secondary N) is 1. The number of halogens is 1. The maximum absolute atomic E-state index is 11.6. The van der Waals surface area contributed by atoms with Crippen LogP contribution < -0.4 is 14.9 Å². The van der Waals surface area contributed by atoms with E-state index in [0.29, 0.717) is 35.4 Å². The number of hydrazone groups is 1. The first-order valence-corrected chi connectivity index (χ1v) is 8.21. The van der Waals surface area contributed by atoms with Crippen LogP contribution in [0.5, 0.6) is 11.5 Å². The van der Waals surface area contributed by atoms with Gasteiger partial charge in [-0.1, -0.05) is 23.7 Å². The molecule has 0 unspecified atom stereocenters. The lowest BCUT2D eigenvalue weighted by Crippen LogP contribution is -2.21. The molecule has 1 N–H and O–H groups in total. The van der Waals surface area contributed by atoms with E-state index in [2.05, 4.69) is 10.5 Å². The number of nitrogens with zero attached hydrogens (tertiary/aromatic N) is 1. The quantitative estimate of drug-likeness (QED) is 0.668. The highest BCUT2D eigenvalue weighted by atomic mass is 35.5. The Kier molecular flexibility index (Phi) is 5.40. The molecule has 6 nitrogen and oxygen atoms in total. The summed E-state index contributed by atoms with van der Waals surface area (Å²) in [5.41, 5.74) is 4.51. The van der Waals surface area contributed by atoms with Gasteiger partial charge in [-0.3, -0.25) is 0 Å². The first-order valence-electron chi connectivity index (χ1n) is 7.84. The van der Waals surface area contributed by atoms with Crippen molar-refractivity contribution in [3.8, 4) is 11.5 Å². The lowest BCUT2D eigenvalue weighted by Gasteiger charge is -2.19. The average Bonchev–Trinajstić information content (AvgIpc) is 2.63. The molecule has 0 saturated heterocycles. The van der Waals surface area contributed by atoms with E-state index in [0.717, 1.165) is 11.1 Å². The SMILES string of the molecule is CCOC(=O)NN=C(c1ccc(Cl)cc1)c1ccc2c(c1)OCCO2. The second-order valence-corrected chi connectivity index (χ2v) is 5.59. The van der Waals surface area contributed by atoms with E-state index in [1.807, 2.05) is 30.3 Å². The summed E-state index contributed by atoms with van der Waals surface area (Å²) in [4.78, 5) is 11.6. The molecular formula is C18H17ClN2O4. The highest BCUT2D eigenvalue weighted by Gasteiger charge is 2.16. The molecule has 0 spiro atoms. The van der Waals surface area contributed by atoms with Gasteiger partial charge in [0.05, 0.1) is 12.3 Å². The Labute approximate surface area is 150 Å². The lowest BCUT2D eigenvalue weighted by atomic mass is 10.0. The fourth-order valence-electron chi connectivity index (χ4n) is 2.36. The number of ether oxygens (including phenoxy) is 3. The van der Waals surface area contributed by atoms with Crippen LogP contribution in [0.2, 0.25) is 5.02 Å². The number of hydrogen-bond donors (Lipinski definition) is 1. The van der Waals surface area contributed by atoms with Crippen molar-refractivity contribution in [3.05, 3.63) is 58.6 Å². The third kappa shape index (κ3) is 4.22. The Morgan fingerprint density at radius 2 is 1.80 bits per heavy atom. The molecule has 1 aliphatic heterocycles. The molecule has 2 aromatic carbocycles. The van der Waals surface area contributed by atoms with E-state index in [-0.39, 0.29) is 6.61 Å². The second-order valence-electron chi connectivity index (χ2n) is 5.16. The van der Waals surface area contributed by atoms with Gasteiger partial charge in [0, 0.05) is 16.1 Å². The highest BCUT2D eigenvalue weighted by molar-refractivity contribution is 6.30. The minimum absolute atomic E-state index is 0.266. The highest BCUT2D eigenvalue weighted by Crippen LogP contribution is 2.31. The molecule has 3 rings (SSSR count). The maximum atomic E-state index is 11.6. The zero-order valence-corrected chi connectivity index (χ0v) is 14.4. The van der Waals surface area contributed by atoms with E-state index in [1.165, 1.54) is 0 Å². The Morgan fingerprint density at radius 3 is 2.52 bits per heavy atom. The zero-order chi connectivity index (χ0) is 17.6. The van der Waals surface area contributed by atoms with Gasteiger partial charge < -0.3 is 14.2 Å². The number of carbonyl (C=O) groups excluding carboxylic acids is 1. The number of hydrogen-bond acceptors (Lipinski definition) is 5. The van der Waals surface area contributed by atoms with Gasteiger partial charge in [0.25, 0.3) is 0 Å². The van der Waals surface area contributed by atoms with Crippen molar-refractivity contribution in [2.75, 3.05) is 19.8 Å². The van der Waals surface area contributed by atoms with Gasteiger partial charge in [-0.15, -0.1) is 0 Å². The third-order valence-electron chi connectivity index (χ3n) is 3.47. The lowest BCUT2D eigenvalue weighted by molar-refractivity contribution is 0.152. The predicted molar refractivity (Wildman–Crippen MR) is 94.7 cm³/mol. The van der Waals surface area contributed by atoms with Crippen LogP contribution in [0.3, 0.4) is 0 Å². The molecule has 0 bridgehead atoms. The van der Waals surface area contributed by atoms with Gasteiger partial charge in [0.1, 0.15) is 13.2 Å². The number of benzene rings is 2. The van der Waals surface area contributed by atoms with Gasteiger partial charge in [-0.2, -0.15) is 5.10 Å². The molecule has 0 saturated carbocycles. The molecule has 7 heteroatoms. The van der Waals surface area contributed by atoms with Crippen molar-refractivity contribution < 1.29 is 19.0 Å². The number of fused-ring (bicyclic) bond motifs is 1. The Balaban J connectivity index is 1.97. The molecule has 25 heavy (non-hydrogen) atoms. The van der Waals surface area contributed by atoms with E-state index >= 15 is 0 Å². The molecule has 1 aliphatic rings. The summed E-state index contributed by atoms with van der Waals surface area (Å²) >= 11 is 5.96.